The van der Waals surface area contributed by atoms with Crippen molar-refractivity contribution in [2.75, 3.05) is 26.7 Å². The van der Waals surface area contributed by atoms with Crippen LogP contribution < -0.4 is 10.1 Å². The average molecular weight is 339 g/mol. The van der Waals surface area contributed by atoms with Crippen LogP contribution in [0.3, 0.4) is 0 Å². The summed E-state index contributed by atoms with van der Waals surface area (Å²) in [7, 11) is 1.92. The third kappa shape index (κ3) is 3.99. The molecule has 0 bridgehead atoms. The maximum Gasteiger partial charge on any atom is 0.226 e. The van der Waals surface area contributed by atoms with Crippen molar-refractivity contribution < 1.29 is 9.53 Å². The number of carbonyl (C=O) groups is 1. The smallest absolute Gasteiger partial charge is 0.226 e. The monoisotopic (exact) mass is 338 g/mol. The minimum Gasteiger partial charge on any atom is -0.494 e. The van der Waals surface area contributed by atoms with Crippen LogP contribution in [0, 0.1) is 11.3 Å². The molecule has 1 aromatic rings. The van der Waals surface area contributed by atoms with Gasteiger partial charge in [-0.25, -0.2) is 0 Å². The lowest BCUT2D eigenvalue weighted by atomic mass is 9.91. The van der Waals surface area contributed by atoms with Gasteiger partial charge in [-0.3, -0.25) is 4.79 Å². The van der Waals surface area contributed by atoms with Gasteiger partial charge in [-0.2, -0.15) is 0 Å². The van der Waals surface area contributed by atoms with Crippen LogP contribution >= 0.6 is 12.4 Å². The number of halogens is 1. The van der Waals surface area contributed by atoms with E-state index in [-0.39, 0.29) is 18.3 Å². The molecule has 1 aliphatic heterocycles. The molecule has 1 unspecified atom stereocenters. The molecular formula is C18H27ClN2O2. The van der Waals surface area contributed by atoms with Gasteiger partial charge in [0.1, 0.15) is 5.75 Å². The Hall–Kier alpha value is -1.26. The zero-order valence-corrected chi connectivity index (χ0v) is 14.8. The Balaban J connectivity index is 0.00000192. The Labute approximate surface area is 145 Å². The topological polar surface area (TPSA) is 41.6 Å². The van der Waals surface area contributed by atoms with Crippen molar-refractivity contribution in [2.45, 2.75) is 32.7 Å². The van der Waals surface area contributed by atoms with Gasteiger partial charge in [0.2, 0.25) is 5.91 Å². The van der Waals surface area contributed by atoms with E-state index in [1.807, 2.05) is 43.1 Å². The number of ether oxygens (including phenoxy) is 1. The number of hydrogen-bond donors (Lipinski definition) is 1. The summed E-state index contributed by atoms with van der Waals surface area (Å²) in [6.45, 7) is 5.46. The number of amides is 1. The van der Waals surface area contributed by atoms with Crippen LogP contribution in [0.15, 0.2) is 24.3 Å². The molecule has 5 heteroatoms. The molecule has 0 aromatic heterocycles. The minimum atomic E-state index is 0. The number of hydrogen-bond acceptors (Lipinski definition) is 3. The molecular weight excluding hydrogens is 312 g/mol. The van der Waals surface area contributed by atoms with Crippen LogP contribution in [0.4, 0.5) is 0 Å². The first kappa shape index (κ1) is 18.1. The number of nitrogens with zero attached hydrogens (tertiary/aromatic N) is 1. The lowest BCUT2D eigenvalue weighted by molar-refractivity contribution is -0.132. The first-order valence-electron chi connectivity index (χ1n) is 8.32. The zero-order valence-electron chi connectivity index (χ0n) is 14.0. The van der Waals surface area contributed by atoms with Crippen LogP contribution in [-0.2, 0) is 11.3 Å². The van der Waals surface area contributed by atoms with Crippen LogP contribution in [0.2, 0.25) is 0 Å². The number of piperidine rings is 1. The van der Waals surface area contributed by atoms with Gasteiger partial charge >= 0.3 is 0 Å². The summed E-state index contributed by atoms with van der Waals surface area (Å²) in [4.78, 5) is 14.5. The fourth-order valence-electron chi connectivity index (χ4n) is 3.65. The van der Waals surface area contributed by atoms with E-state index in [9.17, 15) is 4.79 Å². The Bertz CT molecular complexity index is 526. The number of rotatable bonds is 5. The number of carbonyl (C=O) groups excluding carboxylic acids is 1. The molecule has 1 saturated carbocycles. The second-order valence-corrected chi connectivity index (χ2v) is 6.64. The molecule has 1 atom stereocenters. The Morgan fingerprint density at radius 3 is 2.57 bits per heavy atom. The van der Waals surface area contributed by atoms with Gasteiger partial charge in [-0.05, 0) is 62.4 Å². The molecule has 1 aliphatic carbocycles. The van der Waals surface area contributed by atoms with E-state index in [0.717, 1.165) is 43.7 Å². The van der Waals surface area contributed by atoms with Crippen LogP contribution in [-0.4, -0.2) is 37.6 Å². The highest BCUT2D eigenvalue weighted by Crippen LogP contribution is 2.59. The van der Waals surface area contributed by atoms with Crippen LogP contribution in [0.1, 0.15) is 31.7 Å². The van der Waals surface area contributed by atoms with Gasteiger partial charge in [-0.1, -0.05) is 12.1 Å². The number of nitrogens with one attached hydrogen (secondary N) is 1. The predicted molar refractivity (Wildman–Crippen MR) is 94.0 cm³/mol. The molecule has 1 saturated heterocycles. The van der Waals surface area contributed by atoms with Gasteiger partial charge in [0.25, 0.3) is 0 Å². The summed E-state index contributed by atoms with van der Waals surface area (Å²) in [5.41, 5.74) is 1.47. The quantitative estimate of drug-likeness (QED) is 0.897. The summed E-state index contributed by atoms with van der Waals surface area (Å²) in [6.07, 6.45) is 3.39. The third-order valence-corrected chi connectivity index (χ3v) is 5.12. The third-order valence-electron chi connectivity index (χ3n) is 5.12. The van der Waals surface area contributed by atoms with Gasteiger partial charge in [0, 0.05) is 19.5 Å². The van der Waals surface area contributed by atoms with E-state index in [1.165, 1.54) is 0 Å². The van der Waals surface area contributed by atoms with Crippen molar-refractivity contribution >= 4 is 18.3 Å². The molecule has 2 fully saturated rings. The van der Waals surface area contributed by atoms with E-state index in [1.54, 1.807) is 0 Å². The van der Waals surface area contributed by atoms with Crippen molar-refractivity contribution in [1.82, 2.24) is 10.2 Å². The molecule has 1 amide bonds. The normalized spacial score (nSPS) is 21.4. The Kier molecular flexibility index (Phi) is 5.93. The summed E-state index contributed by atoms with van der Waals surface area (Å²) in [5, 5.41) is 3.39. The van der Waals surface area contributed by atoms with Crippen molar-refractivity contribution in [3.05, 3.63) is 29.8 Å². The Morgan fingerprint density at radius 2 is 1.96 bits per heavy atom. The summed E-state index contributed by atoms with van der Waals surface area (Å²) in [6, 6.07) is 8.04. The highest BCUT2D eigenvalue weighted by molar-refractivity contribution is 5.85. The van der Waals surface area contributed by atoms with Crippen molar-refractivity contribution in [1.29, 1.82) is 0 Å². The molecule has 1 spiro atoms. The molecule has 1 N–H and O–H groups in total. The molecule has 23 heavy (non-hydrogen) atoms. The minimum absolute atomic E-state index is 0. The first-order valence-corrected chi connectivity index (χ1v) is 8.32. The van der Waals surface area contributed by atoms with E-state index in [0.29, 0.717) is 24.5 Å². The van der Waals surface area contributed by atoms with E-state index < -0.39 is 0 Å². The maximum atomic E-state index is 12.6. The fourth-order valence-corrected chi connectivity index (χ4v) is 3.65. The lowest BCUT2D eigenvalue weighted by Gasteiger charge is -2.25. The second-order valence-electron chi connectivity index (χ2n) is 6.64. The van der Waals surface area contributed by atoms with Crippen molar-refractivity contribution in [3.8, 4) is 5.75 Å². The van der Waals surface area contributed by atoms with E-state index in [2.05, 4.69) is 5.32 Å². The molecule has 1 aromatic carbocycles. The largest absolute Gasteiger partial charge is 0.494 e. The Morgan fingerprint density at radius 1 is 1.30 bits per heavy atom. The van der Waals surface area contributed by atoms with Gasteiger partial charge in [0.15, 0.2) is 0 Å². The standard InChI is InChI=1S/C18H26N2O2.ClH/c1-3-22-15-6-4-14(5-7-15)13-20(2)17(21)16-12-18(16)8-10-19-11-9-18;/h4-7,16,19H,3,8-13H2,1-2H3;1H. The van der Waals surface area contributed by atoms with Gasteiger partial charge in [0.05, 0.1) is 6.61 Å². The second kappa shape index (κ2) is 7.54. The summed E-state index contributed by atoms with van der Waals surface area (Å²) >= 11 is 0. The maximum absolute atomic E-state index is 12.6. The molecule has 3 rings (SSSR count). The fraction of sp³-hybridized carbons (Fsp3) is 0.611. The molecule has 2 aliphatic rings. The summed E-state index contributed by atoms with van der Waals surface area (Å²) in [5.74, 6) is 1.45. The van der Waals surface area contributed by atoms with Crippen molar-refractivity contribution in [2.24, 2.45) is 11.3 Å². The highest BCUT2D eigenvalue weighted by atomic mass is 35.5. The molecule has 128 valence electrons. The lowest BCUT2D eigenvalue weighted by Crippen LogP contribution is -2.34. The molecule has 1 heterocycles. The van der Waals surface area contributed by atoms with Gasteiger partial charge in [-0.15, -0.1) is 12.4 Å². The number of benzene rings is 1. The van der Waals surface area contributed by atoms with Crippen LogP contribution in [0.5, 0.6) is 5.75 Å². The van der Waals surface area contributed by atoms with E-state index >= 15 is 0 Å². The first-order chi connectivity index (χ1) is 10.6. The molecule has 0 radical (unpaired) electrons. The van der Waals surface area contributed by atoms with E-state index in [4.69, 9.17) is 4.74 Å². The van der Waals surface area contributed by atoms with Crippen molar-refractivity contribution in [3.63, 3.8) is 0 Å². The zero-order chi connectivity index (χ0) is 15.6. The van der Waals surface area contributed by atoms with Gasteiger partial charge < -0.3 is 15.0 Å². The predicted octanol–water partition coefficient (Wildman–Crippen LogP) is 2.86. The highest BCUT2D eigenvalue weighted by Gasteiger charge is 2.58. The van der Waals surface area contributed by atoms with Crippen LogP contribution in [0.25, 0.3) is 0 Å². The SMILES string of the molecule is CCOc1ccc(CN(C)C(=O)C2CC23CCNCC3)cc1.Cl. The summed E-state index contributed by atoms with van der Waals surface area (Å²) < 4.78 is 5.45. The average Bonchev–Trinajstić information content (AvgIpc) is 3.22. The molecule has 4 nitrogen and oxygen atoms in total.